The highest BCUT2D eigenvalue weighted by atomic mass is 79.9. The number of hydrogen-bond acceptors (Lipinski definition) is 4. The molecular formula is C18H22BrNO3. The molecule has 0 aliphatic rings. The van der Waals surface area contributed by atoms with E-state index in [4.69, 9.17) is 14.2 Å². The fraction of sp³-hybridized carbons (Fsp3) is 0.333. The van der Waals surface area contributed by atoms with Gasteiger partial charge < -0.3 is 19.5 Å². The van der Waals surface area contributed by atoms with Crippen molar-refractivity contribution in [3.63, 3.8) is 0 Å². The molecule has 0 saturated heterocycles. The summed E-state index contributed by atoms with van der Waals surface area (Å²) in [6, 6.07) is 14.1. The Morgan fingerprint density at radius 2 is 1.83 bits per heavy atom. The lowest BCUT2D eigenvalue weighted by Gasteiger charge is -2.15. The molecule has 1 N–H and O–H groups in total. The summed E-state index contributed by atoms with van der Waals surface area (Å²) in [5.41, 5.74) is 2.24. The topological polar surface area (TPSA) is 39.7 Å². The average Bonchev–Trinajstić information content (AvgIpc) is 2.58. The lowest BCUT2D eigenvalue weighted by atomic mass is 10.2. The van der Waals surface area contributed by atoms with Crippen molar-refractivity contribution in [1.29, 1.82) is 0 Å². The predicted molar refractivity (Wildman–Crippen MR) is 95.1 cm³/mol. The molecule has 0 bridgehead atoms. The summed E-state index contributed by atoms with van der Waals surface area (Å²) in [6.45, 7) is 2.75. The van der Waals surface area contributed by atoms with Crippen LogP contribution in [-0.4, -0.2) is 27.4 Å². The van der Waals surface area contributed by atoms with Crippen molar-refractivity contribution in [3.8, 4) is 11.5 Å². The average molecular weight is 380 g/mol. The second-order valence-electron chi connectivity index (χ2n) is 5.05. The summed E-state index contributed by atoms with van der Waals surface area (Å²) in [6.07, 6.45) is 0. The van der Waals surface area contributed by atoms with E-state index in [1.165, 1.54) is 0 Å². The minimum absolute atomic E-state index is 0.501. The highest BCUT2D eigenvalue weighted by molar-refractivity contribution is 9.10. The number of rotatable bonds is 9. The van der Waals surface area contributed by atoms with E-state index < -0.39 is 0 Å². The van der Waals surface area contributed by atoms with Crippen LogP contribution in [0.4, 0.5) is 0 Å². The largest absolute Gasteiger partial charge is 0.493 e. The minimum atomic E-state index is 0.501. The number of methoxy groups -OCH3 is 2. The summed E-state index contributed by atoms with van der Waals surface area (Å²) in [4.78, 5) is 0. The molecule has 23 heavy (non-hydrogen) atoms. The monoisotopic (exact) mass is 379 g/mol. The SMILES string of the molecule is COCCNCc1cc(Br)c(OCc2ccccc2)c(OC)c1. The van der Waals surface area contributed by atoms with E-state index in [-0.39, 0.29) is 0 Å². The molecule has 0 unspecified atom stereocenters. The predicted octanol–water partition coefficient (Wildman–Crippen LogP) is 3.77. The van der Waals surface area contributed by atoms with Gasteiger partial charge in [0.15, 0.2) is 11.5 Å². The third kappa shape index (κ3) is 5.53. The molecule has 0 radical (unpaired) electrons. The molecule has 124 valence electrons. The van der Waals surface area contributed by atoms with Gasteiger partial charge in [0.2, 0.25) is 0 Å². The molecule has 0 fully saturated rings. The first-order valence-electron chi connectivity index (χ1n) is 7.47. The van der Waals surface area contributed by atoms with Gasteiger partial charge in [-0.2, -0.15) is 0 Å². The van der Waals surface area contributed by atoms with E-state index in [2.05, 4.69) is 21.2 Å². The first kappa shape index (κ1) is 17.8. The molecule has 0 amide bonds. The van der Waals surface area contributed by atoms with E-state index in [1.54, 1.807) is 14.2 Å². The van der Waals surface area contributed by atoms with E-state index >= 15 is 0 Å². The first-order chi connectivity index (χ1) is 11.2. The Hall–Kier alpha value is -1.56. The Labute approximate surface area is 145 Å². The molecule has 0 atom stereocenters. The summed E-state index contributed by atoms with van der Waals surface area (Å²) >= 11 is 3.58. The van der Waals surface area contributed by atoms with Gasteiger partial charge >= 0.3 is 0 Å². The molecule has 2 rings (SSSR count). The number of benzene rings is 2. The summed E-state index contributed by atoms with van der Waals surface area (Å²) < 4.78 is 17.3. The van der Waals surface area contributed by atoms with Gasteiger partial charge in [0.05, 0.1) is 18.2 Å². The summed E-state index contributed by atoms with van der Waals surface area (Å²) in [5.74, 6) is 1.44. The zero-order chi connectivity index (χ0) is 16.5. The molecule has 0 aliphatic heterocycles. The second-order valence-corrected chi connectivity index (χ2v) is 5.91. The van der Waals surface area contributed by atoms with Crippen molar-refractivity contribution >= 4 is 15.9 Å². The lowest BCUT2D eigenvalue weighted by molar-refractivity contribution is 0.199. The van der Waals surface area contributed by atoms with Gasteiger partial charge in [-0.1, -0.05) is 30.3 Å². The van der Waals surface area contributed by atoms with Gasteiger partial charge in [0, 0.05) is 20.2 Å². The maximum atomic E-state index is 5.93. The van der Waals surface area contributed by atoms with E-state index in [9.17, 15) is 0 Å². The van der Waals surface area contributed by atoms with Crippen LogP contribution >= 0.6 is 15.9 Å². The zero-order valence-corrected chi connectivity index (χ0v) is 15.1. The van der Waals surface area contributed by atoms with E-state index in [1.807, 2.05) is 42.5 Å². The molecule has 2 aromatic rings. The third-order valence-electron chi connectivity index (χ3n) is 3.33. The second kappa shape index (κ2) is 9.55. The van der Waals surface area contributed by atoms with Crippen molar-refractivity contribution in [3.05, 3.63) is 58.1 Å². The Kier molecular flexibility index (Phi) is 7.39. The van der Waals surface area contributed by atoms with Crippen molar-refractivity contribution < 1.29 is 14.2 Å². The van der Waals surface area contributed by atoms with Crippen LogP contribution in [0.1, 0.15) is 11.1 Å². The van der Waals surface area contributed by atoms with Crippen LogP contribution in [-0.2, 0) is 17.9 Å². The highest BCUT2D eigenvalue weighted by Crippen LogP contribution is 2.37. The van der Waals surface area contributed by atoms with Crippen LogP contribution in [0.3, 0.4) is 0 Å². The van der Waals surface area contributed by atoms with Gasteiger partial charge in [-0.15, -0.1) is 0 Å². The van der Waals surface area contributed by atoms with Crippen molar-refractivity contribution in [2.24, 2.45) is 0 Å². The molecule has 0 spiro atoms. The molecule has 0 aliphatic carbocycles. The van der Waals surface area contributed by atoms with Gasteiger partial charge in [-0.3, -0.25) is 0 Å². The highest BCUT2D eigenvalue weighted by Gasteiger charge is 2.12. The normalized spacial score (nSPS) is 10.6. The molecular weight excluding hydrogens is 358 g/mol. The van der Waals surface area contributed by atoms with Crippen molar-refractivity contribution in [2.45, 2.75) is 13.2 Å². The maximum absolute atomic E-state index is 5.93. The Morgan fingerprint density at radius 1 is 1.04 bits per heavy atom. The third-order valence-corrected chi connectivity index (χ3v) is 3.92. The standard InChI is InChI=1S/C18H22BrNO3/c1-21-9-8-20-12-15-10-16(19)18(17(11-15)22-2)23-13-14-6-4-3-5-7-14/h3-7,10-11,20H,8-9,12-13H2,1-2H3. The van der Waals surface area contributed by atoms with Crippen LogP contribution in [0.25, 0.3) is 0 Å². The van der Waals surface area contributed by atoms with Gasteiger partial charge in [0.25, 0.3) is 0 Å². The van der Waals surface area contributed by atoms with Gasteiger partial charge in [0.1, 0.15) is 6.61 Å². The van der Waals surface area contributed by atoms with Crippen LogP contribution < -0.4 is 14.8 Å². The molecule has 0 heterocycles. The van der Waals surface area contributed by atoms with E-state index in [0.717, 1.165) is 40.2 Å². The Morgan fingerprint density at radius 3 is 2.52 bits per heavy atom. The fourth-order valence-corrected chi connectivity index (χ4v) is 2.76. The molecule has 2 aromatic carbocycles. The van der Waals surface area contributed by atoms with Crippen LogP contribution in [0.5, 0.6) is 11.5 Å². The van der Waals surface area contributed by atoms with Crippen LogP contribution in [0.15, 0.2) is 46.9 Å². The fourth-order valence-electron chi connectivity index (χ4n) is 2.15. The summed E-state index contributed by atoms with van der Waals surface area (Å²) in [7, 11) is 3.35. The number of hydrogen-bond donors (Lipinski definition) is 1. The lowest BCUT2D eigenvalue weighted by Crippen LogP contribution is -2.18. The molecule has 4 nitrogen and oxygen atoms in total. The quantitative estimate of drug-likeness (QED) is 0.673. The maximum Gasteiger partial charge on any atom is 0.175 e. The zero-order valence-electron chi connectivity index (χ0n) is 13.5. The van der Waals surface area contributed by atoms with E-state index in [0.29, 0.717) is 13.2 Å². The smallest absolute Gasteiger partial charge is 0.175 e. The van der Waals surface area contributed by atoms with Gasteiger partial charge in [-0.25, -0.2) is 0 Å². The summed E-state index contributed by atoms with van der Waals surface area (Å²) in [5, 5.41) is 3.32. The Bertz CT molecular complexity index is 605. The minimum Gasteiger partial charge on any atom is -0.493 e. The molecule has 0 aromatic heterocycles. The number of nitrogens with one attached hydrogen (secondary N) is 1. The number of halogens is 1. The molecule has 0 saturated carbocycles. The Balaban J connectivity index is 2.04. The first-order valence-corrected chi connectivity index (χ1v) is 8.26. The van der Waals surface area contributed by atoms with Gasteiger partial charge in [-0.05, 0) is 39.2 Å². The van der Waals surface area contributed by atoms with Crippen LogP contribution in [0.2, 0.25) is 0 Å². The van der Waals surface area contributed by atoms with Crippen molar-refractivity contribution in [1.82, 2.24) is 5.32 Å². The van der Waals surface area contributed by atoms with Crippen molar-refractivity contribution in [2.75, 3.05) is 27.4 Å². The number of ether oxygens (including phenoxy) is 3. The van der Waals surface area contributed by atoms with Crippen LogP contribution in [0, 0.1) is 0 Å². The molecule has 5 heteroatoms.